The lowest BCUT2D eigenvalue weighted by molar-refractivity contribution is 0.0173. The van der Waals surface area contributed by atoms with Crippen molar-refractivity contribution in [3.05, 3.63) is 0 Å². The predicted octanol–water partition coefficient (Wildman–Crippen LogP) is 3.04. The van der Waals surface area contributed by atoms with Crippen molar-refractivity contribution >= 4 is 6.09 Å². The molecule has 20 heavy (non-hydrogen) atoms. The summed E-state index contributed by atoms with van der Waals surface area (Å²) in [5.74, 6) is 1.20. The highest BCUT2D eigenvalue weighted by atomic mass is 16.6. The van der Waals surface area contributed by atoms with Crippen molar-refractivity contribution in [1.82, 2.24) is 4.90 Å². The number of ether oxygens (including phenoxy) is 1. The van der Waals surface area contributed by atoms with Crippen LogP contribution in [0.4, 0.5) is 4.79 Å². The van der Waals surface area contributed by atoms with E-state index in [2.05, 4.69) is 6.92 Å². The smallest absolute Gasteiger partial charge is 0.410 e. The van der Waals surface area contributed by atoms with Gasteiger partial charge >= 0.3 is 6.09 Å². The average Bonchev–Trinajstić information content (AvgIpc) is 2.98. The molecule has 4 heteroatoms. The van der Waals surface area contributed by atoms with E-state index in [0.29, 0.717) is 23.9 Å². The summed E-state index contributed by atoms with van der Waals surface area (Å²) < 4.78 is 5.41. The summed E-state index contributed by atoms with van der Waals surface area (Å²) in [6.07, 6.45) is 4.30. The van der Waals surface area contributed by atoms with Gasteiger partial charge in [0.1, 0.15) is 5.60 Å². The minimum absolute atomic E-state index is 0.179. The topological polar surface area (TPSA) is 49.8 Å². The molecule has 0 spiro atoms. The Kier molecular flexibility index (Phi) is 4.33. The first kappa shape index (κ1) is 15.6. The van der Waals surface area contributed by atoms with Crippen molar-refractivity contribution in [2.45, 2.75) is 59.0 Å². The Hall–Kier alpha value is -0.770. The van der Waals surface area contributed by atoms with Crippen molar-refractivity contribution < 1.29 is 14.6 Å². The first-order valence-electron chi connectivity index (χ1n) is 7.82. The number of aliphatic hydroxyl groups is 1. The fraction of sp³-hybridized carbons (Fsp3) is 0.938. The fourth-order valence-electron chi connectivity index (χ4n) is 3.34. The molecule has 2 fully saturated rings. The molecular formula is C16H29NO3. The minimum Gasteiger partial charge on any atom is -0.444 e. The first-order valence-corrected chi connectivity index (χ1v) is 7.82. The van der Waals surface area contributed by atoms with Crippen LogP contribution in [0.15, 0.2) is 0 Å². The van der Waals surface area contributed by atoms with E-state index in [0.717, 1.165) is 32.4 Å². The third-order valence-electron chi connectivity index (χ3n) is 4.78. The summed E-state index contributed by atoms with van der Waals surface area (Å²) in [4.78, 5) is 13.8. The van der Waals surface area contributed by atoms with Gasteiger partial charge in [0.25, 0.3) is 0 Å². The summed E-state index contributed by atoms with van der Waals surface area (Å²) in [6.45, 7) is 9.93. The second kappa shape index (κ2) is 5.55. The van der Waals surface area contributed by atoms with Gasteiger partial charge < -0.3 is 14.7 Å². The van der Waals surface area contributed by atoms with Crippen molar-refractivity contribution in [3.63, 3.8) is 0 Å². The Morgan fingerprint density at radius 2 is 1.95 bits per heavy atom. The van der Waals surface area contributed by atoms with Gasteiger partial charge in [-0.3, -0.25) is 0 Å². The van der Waals surface area contributed by atoms with Gasteiger partial charge in [-0.1, -0.05) is 6.92 Å². The molecule has 1 aliphatic heterocycles. The van der Waals surface area contributed by atoms with Gasteiger partial charge in [-0.15, -0.1) is 0 Å². The van der Waals surface area contributed by atoms with E-state index in [4.69, 9.17) is 4.74 Å². The molecule has 1 N–H and O–H groups in total. The van der Waals surface area contributed by atoms with Crippen molar-refractivity contribution in [3.8, 4) is 0 Å². The molecule has 0 aromatic heterocycles. The fourth-order valence-corrected chi connectivity index (χ4v) is 3.34. The molecule has 4 nitrogen and oxygen atoms in total. The molecule has 0 unspecified atom stereocenters. The Bertz CT molecular complexity index is 355. The van der Waals surface area contributed by atoms with Crippen LogP contribution in [0.25, 0.3) is 0 Å². The van der Waals surface area contributed by atoms with Gasteiger partial charge in [-0.05, 0) is 63.7 Å². The van der Waals surface area contributed by atoms with Gasteiger partial charge in [0.05, 0.1) is 0 Å². The van der Waals surface area contributed by atoms with E-state index >= 15 is 0 Å². The molecule has 2 rings (SSSR count). The number of likely N-dealkylation sites (tertiary alicyclic amines) is 1. The van der Waals surface area contributed by atoms with Crippen LogP contribution in [-0.2, 0) is 4.74 Å². The molecular weight excluding hydrogens is 254 g/mol. The molecule has 0 radical (unpaired) electrons. The third kappa shape index (κ3) is 3.87. The molecule has 1 aliphatic carbocycles. The average molecular weight is 283 g/mol. The Morgan fingerprint density at radius 3 is 2.40 bits per heavy atom. The largest absolute Gasteiger partial charge is 0.444 e. The number of nitrogens with zero attached hydrogens (tertiary/aromatic N) is 1. The lowest BCUT2D eigenvalue weighted by Gasteiger charge is -2.34. The lowest BCUT2D eigenvalue weighted by Crippen LogP contribution is -2.42. The van der Waals surface area contributed by atoms with E-state index in [1.54, 1.807) is 0 Å². The van der Waals surface area contributed by atoms with Crippen LogP contribution in [0.2, 0.25) is 0 Å². The number of amides is 1. The Labute approximate surface area is 122 Å². The van der Waals surface area contributed by atoms with Crippen LogP contribution >= 0.6 is 0 Å². The van der Waals surface area contributed by atoms with Crippen LogP contribution in [0.3, 0.4) is 0 Å². The molecule has 0 aromatic carbocycles. The number of hydrogen-bond acceptors (Lipinski definition) is 3. The summed E-state index contributed by atoms with van der Waals surface area (Å²) in [5, 5.41) is 9.22. The molecule has 1 saturated carbocycles. The van der Waals surface area contributed by atoms with E-state index in [-0.39, 0.29) is 6.09 Å². The number of rotatable bonds is 3. The highest BCUT2D eigenvalue weighted by Gasteiger charge is 2.50. The van der Waals surface area contributed by atoms with Crippen LogP contribution in [0.5, 0.6) is 0 Å². The van der Waals surface area contributed by atoms with Crippen LogP contribution in [0, 0.1) is 17.3 Å². The molecule has 1 heterocycles. The maximum absolute atomic E-state index is 12.0. The molecule has 116 valence electrons. The number of piperidine rings is 1. The van der Waals surface area contributed by atoms with Gasteiger partial charge in [0, 0.05) is 19.7 Å². The summed E-state index contributed by atoms with van der Waals surface area (Å²) in [5.41, 5.74) is -0.0583. The molecule has 1 saturated heterocycles. The SMILES string of the molecule is CC(C)(C)OC(=O)N1CCC(C[C@@]2(C)C[C@@H]2CO)CC1. The molecule has 2 aliphatic rings. The number of hydrogen-bond donors (Lipinski definition) is 1. The van der Waals surface area contributed by atoms with Gasteiger partial charge in [-0.2, -0.15) is 0 Å². The van der Waals surface area contributed by atoms with Crippen molar-refractivity contribution in [1.29, 1.82) is 0 Å². The summed E-state index contributed by atoms with van der Waals surface area (Å²) in [7, 11) is 0. The molecule has 1 amide bonds. The van der Waals surface area contributed by atoms with E-state index in [1.165, 1.54) is 6.42 Å². The van der Waals surface area contributed by atoms with Gasteiger partial charge in [0.2, 0.25) is 0 Å². The standard InChI is InChI=1S/C16H29NO3/c1-15(2,3)20-14(19)17-7-5-12(6-8-17)9-16(4)10-13(16)11-18/h12-13,18H,5-11H2,1-4H3/t13-,16+/m1/s1. The zero-order chi connectivity index (χ0) is 15.0. The highest BCUT2D eigenvalue weighted by molar-refractivity contribution is 5.68. The van der Waals surface area contributed by atoms with E-state index in [9.17, 15) is 9.90 Å². The normalized spacial score (nSPS) is 31.2. The van der Waals surface area contributed by atoms with Crippen molar-refractivity contribution in [2.24, 2.45) is 17.3 Å². The van der Waals surface area contributed by atoms with Gasteiger partial charge in [-0.25, -0.2) is 4.79 Å². The number of aliphatic hydroxyl groups excluding tert-OH is 1. The third-order valence-corrected chi connectivity index (χ3v) is 4.78. The molecule has 2 atom stereocenters. The number of carbonyl (C=O) groups is 1. The lowest BCUT2D eigenvalue weighted by atomic mass is 9.85. The van der Waals surface area contributed by atoms with Crippen LogP contribution in [0.1, 0.15) is 53.4 Å². The first-order chi connectivity index (χ1) is 9.23. The maximum Gasteiger partial charge on any atom is 0.410 e. The van der Waals surface area contributed by atoms with Crippen molar-refractivity contribution in [2.75, 3.05) is 19.7 Å². The maximum atomic E-state index is 12.0. The summed E-state index contributed by atoms with van der Waals surface area (Å²) >= 11 is 0. The van der Waals surface area contributed by atoms with Gasteiger partial charge in [0.15, 0.2) is 0 Å². The second-order valence-electron chi connectivity index (χ2n) is 7.85. The zero-order valence-corrected chi connectivity index (χ0v) is 13.3. The van der Waals surface area contributed by atoms with E-state index in [1.807, 2.05) is 25.7 Å². The Balaban J connectivity index is 1.74. The monoisotopic (exact) mass is 283 g/mol. The van der Waals surface area contributed by atoms with E-state index < -0.39 is 5.60 Å². The van der Waals surface area contributed by atoms with Crippen LogP contribution < -0.4 is 0 Å². The molecule has 0 aromatic rings. The minimum atomic E-state index is -0.413. The molecule has 0 bridgehead atoms. The zero-order valence-electron chi connectivity index (χ0n) is 13.3. The highest BCUT2D eigenvalue weighted by Crippen LogP contribution is 2.56. The predicted molar refractivity (Wildman–Crippen MR) is 78.4 cm³/mol. The summed E-state index contributed by atoms with van der Waals surface area (Å²) in [6, 6.07) is 0. The van der Waals surface area contributed by atoms with Crippen LogP contribution in [-0.4, -0.2) is 41.4 Å². The quantitative estimate of drug-likeness (QED) is 0.866. The Morgan fingerprint density at radius 1 is 1.35 bits per heavy atom. The number of carbonyl (C=O) groups excluding carboxylic acids is 1. The second-order valence-corrected chi connectivity index (χ2v) is 7.85.